The topological polar surface area (TPSA) is 67.9 Å². The summed E-state index contributed by atoms with van der Waals surface area (Å²) >= 11 is 0. The summed E-state index contributed by atoms with van der Waals surface area (Å²) in [6, 6.07) is 8.00. The van der Waals surface area contributed by atoms with E-state index >= 15 is 0 Å². The minimum absolute atomic E-state index is 0.0109. The van der Waals surface area contributed by atoms with E-state index in [9.17, 15) is 9.59 Å². The predicted octanol–water partition coefficient (Wildman–Crippen LogP) is 2.39. The maximum absolute atomic E-state index is 13.1. The zero-order valence-corrected chi connectivity index (χ0v) is 16.6. The van der Waals surface area contributed by atoms with Gasteiger partial charge in [0, 0.05) is 26.1 Å². The van der Waals surface area contributed by atoms with Crippen LogP contribution in [0.5, 0.6) is 0 Å². The van der Waals surface area contributed by atoms with Crippen LogP contribution in [0.1, 0.15) is 43.4 Å². The molecule has 3 rings (SSSR count). The summed E-state index contributed by atoms with van der Waals surface area (Å²) in [6.45, 7) is 4.44. The Hall–Kier alpha value is -2.18. The number of rotatable bonds is 0. The van der Waals surface area contributed by atoms with Crippen LogP contribution in [0.25, 0.3) is 0 Å². The third-order valence-electron chi connectivity index (χ3n) is 5.26. The molecule has 0 fully saturated rings. The minimum atomic E-state index is -0.510. The van der Waals surface area contributed by atoms with Gasteiger partial charge in [0.2, 0.25) is 5.91 Å². The summed E-state index contributed by atoms with van der Waals surface area (Å²) in [5.74, 6) is -0.0337. The number of carbonyl (C=O) groups excluding carboxylic acids is 2. The number of carbonyl (C=O) groups is 2. The highest BCUT2D eigenvalue weighted by Crippen LogP contribution is 2.30. The van der Waals surface area contributed by atoms with Crippen molar-refractivity contribution in [1.82, 2.24) is 10.2 Å². The summed E-state index contributed by atoms with van der Waals surface area (Å²) in [5, 5.41) is 3.01. The van der Waals surface area contributed by atoms with E-state index in [4.69, 9.17) is 9.47 Å². The molecule has 1 N–H and O–H groups in total. The SMILES string of the molecule is CC1OCC/C=C/COCCCC(=O)NCC2c3ccccc3CCN2C1=O. The van der Waals surface area contributed by atoms with Crippen LogP contribution in [0.4, 0.5) is 0 Å². The number of benzene rings is 1. The largest absolute Gasteiger partial charge is 0.377 e. The average molecular weight is 386 g/mol. The van der Waals surface area contributed by atoms with E-state index in [0.29, 0.717) is 45.8 Å². The van der Waals surface area contributed by atoms with Gasteiger partial charge in [0.15, 0.2) is 0 Å². The van der Waals surface area contributed by atoms with Crippen molar-refractivity contribution in [3.8, 4) is 0 Å². The maximum atomic E-state index is 13.1. The highest BCUT2D eigenvalue weighted by Gasteiger charge is 2.33. The molecule has 0 saturated heterocycles. The van der Waals surface area contributed by atoms with Crippen LogP contribution in [0.2, 0.25) is 0 Å². The lowest BCUT2D eigenvalue weighted by atomic mass is 9.92. The molecule has 1 aromatic rings. The van der Waals surface area contributed by atoms with Crippen LogP contribution in [-0.2, 0) is 25.5 Å². The fraction of sp³-hybridized carbons (Fsp3) is 0.545. The van der Waals surface area contributed by atoms with Gasteiger partial charge in [-0.15, -0.1) is 0 Å². The Morgan fingerprint density at radius 3 is 2.86 bits per heavy atom. The van der Waals surface area contributed by atoms with E-state index in [-0.39, 0.29) is 17.9 Å². The molecule has 6 nitrogen and oxygen atoms in total. The van der Waals surface area contributed by atoms with Gasteiger partial charge in [0.25, 0.3) is 5.91 Å². The average Bonchev–Trinajstić information content (AvgIpc) is 2.72. The number of nitrogens with zero attached hydrogens (tertiary/aromatic N) is 1. The molecule has 0 saturated carbocycles. The third-order valence-corrected chi connectivity index (χ3v) is 5.26. The van der Waals surface area contributed by atoms with Gasteiger partial charge < -0.3 is 19.7 Å². The predicted molar refractivity (Wildman–Crippen MR) is 107 cm³/mol. The van der Waals surface area contributed by atoms with Crippen molar-refractivity contribution < 1.29 is 19.1 Å². The molecule has 0 radical (unpaired) electrons. The van der Waals surface area contributed by atoms with Crippen LogP contribution < -0.4 is 5.32 Å². The molecule has 1 aromatic carbocycles. The molecule has 2 aliphatic heterocycles. The van der Waals surface area contributed by atoms with Crippen molar-refractivity contribution in [2.24, 2.45) is 0 Å². The van der Waals surface area contributed by atoms with Crippen LogP contribution in [0.15, 0.2) is 36.4 Å². The van der Waals surface area contributed by atoms with E-state index in [2.05, 4.69) is 17.4 Å². The zero-order chi connectivity index (χ0) is 19.8. The molecule has 2 unspecified atom stereocenters. The fourth-order valence-corrected chi connectivity index (χ4v) is 3.72. The first-order valence-corrected chi connectivity index (χ1v) is 10.2. The number of fused-ring (bicyclic) bond motifs is 3. The van der Waals surface area contributed by atoms with Gasteiger partial charge >= 0.3 is 0 Å². The number of nitrogens with one attached hydrogen (secondary N) is 1. The van der Waals surface area contributed by atoms with Crippen LogP contribution >= 0.6 is 0 Å². The van der Waals surface area contributed by atoms with Crippen LogP contribution in [0.3, 0.4) is 0 Å². The lowest BCUT2D eigenvalue weighted by molar-refractivity contribution is -0.146. The fourth-order valence-electron chi connectivity index (χ4n) is 3.72. The molecule has 2 heterocycles. The molecule has 0 spiro atoms. The van der Waals surface area contributed by atoms with E-state index in [1.165, 1.54) is 5.56 Å². The molecule has 0 aliphatic carbocycles. The second-order valence-electron chi connectivity index (χ2n) is 7.25. The number of amides is 2. The zero-order valence-electron chi connectivity index (χ0n) is 16.6. The van der Waals surface area contributed by atoms with Gasteiger partial charge in [-0.05, 0) is 37.3 Å². The number of ether oxygens (including phenoxy) is 2. The Morgan fingerprint density at radius 2 is 1.96 bits per heavy atom. The highest BCUT2D eigenvalue weighted by atomic mass is 16.5. The molecule has 2 atom stereocenters. The second kappa shape index (κ2) is 10.4. The maximum Gasteiger partial charge on any atom is 0.251 e. The van der Waals surface area contributed by atoms with E-state index in [1.54, 1.807) is 6.92 Å². The summed E-state index contributed by atoms with van der Waals surface area (Å²) in [7, 11) is 0. The van der Waals surface area contributed by atoms with Gasteiger partial charge in [-0.3, -0.25) is 9.59 Å². The Labute approximate surface area is 166 Å². The Balaban J connectivity index is 1.77. The van der Waals surface area contributed by atoms with Crippen molar-refractivity contribution in [3.05, 3.63) is 47.5 Å². The molecule has 152 valence electrons. The Bertz CT molecular complexity index is 704. The standard InChI is InChI=1S/C22H30N2O4/c1-17-22(26)24-12-11-18-8-3-4-9-19(18)20(24)16-23-21(25)10-7-14-27-13-5-2-6-15-28-17/h2-5,8-9,17,20H,6-7,10-16H2,1H3,(H,23,25)/b5-2+. The number of hydrogen-bond acceptors (Lipinski definition) is 4. The summed E-state index contributed by atoms with van der Waals surface area (Å²) < 4.78 is 11.3. The first kappa shape index (κ1) is 20.6. The first-order chi connectivity index (χ1) is 13.7. The van der Waals surface area contributed by atoms with Crippen molar-refractivity contribution in [1.29, 1.82) is 0 Å². The molecule has 2 aliphatic rings. The molecular formula is C22H30N2O4. The van der Waals surface area contributed by atoms with E-state index < -0.39 is 6.10 Å². The van der Waals surface area contributed by atoms with Crippen molar-refractivity contribution in [2.45, 2.75) is 44.8 Å². The highest BCUT2D eigenvalue weighted by molar-refractivity contribution is 5.81. The van der Waals surface area contributed by atoms with E-state index in [0.717, 1.165) is 18.4 Å². The van der Waals surface area contributed by atoms with Crippen molar-refractivity contribution in [3.63, 3.8) is 0 Å². The molecule has 0 aromatic heterocycles. The van der Waals surface area contributed by atoms with Gasteiger partial charge in [0.05, 0.1) is 19.3 Å². The summed E-state index contributed by atoms with van der Waals surface area (Å²) in [6.07, 6.45) is 6.11. The van der Waals surface area contributed by atoms with Crippen LogP contribution in [0, 0.1) is 0 Å². The summed E-state index contributed by atoms with van der Waals surface area (Å²) in [4.78, 5) is 27.2. The molecule has 28 heavy (non-hydrogen) atoms. The number of hydrogen-bond donors (Lipinski definition) is 1. The molecule has 2 amide bonds. The minimum Gasteiger partial charge on any atom is -0.377 e. The van der Waals surface area contributed by atoms with Gasteiger partial charge in [0.1, 0.15) is 6.10 Å². The Kier molecular flexibility index (Phi) is 7.62. The third kappa shape index (κ3) is 5.42. The molecular weight excluding hydrogens is 356 g/mol. The quantitative estimate of drug-likeness (QED) is 0.695. The van der Waals surface area contributed by atoms with Gasteiger partial charge in [-0.25, -0.2) is 0 Å². The van der Waals surface area contributed by atoms with Crippen molar-refractivity contribution in [2.75, 3.05) is 32.9 Å². The smallest absolute Gasteiger partial charge is 0.251 e. The lowest BCUT2D eigenvalue weighted by Crippen LogP contribution is -2.48. The lowest BCUT2D eigenvalue weighted by Gasteiger charge is -2.38. The Morgan fingerprint density at radius 1 is 1.11 bits per heavy atom. The normalized spacial score (nSPS) is 26.5. The van der Waals surface area contributed by atoms with Gasteiger partial charge in [-0.2, -0.15) is 0 Å². The molecule has 6 heteroatoms. The first-order valence-electron chi connectivity index (χ1n) is 10.2. The second-order valence-corrected chi connectivity index (χ2v) is 7.25. The summed E-state index contributed by atoms with van der Waals surface area (Å²) in [5.41, 5.74) is 2.35. The van der Waals surface area contributed by atoms with Gasteiger partial charge in [-0.1, -0.05) is 36.4 Å². The van der Waals surface area contributed by atoms with Crippen molar-refractivity contribution >= 4 is 11.8 Å². The van der Waals surface area contributed by atoms with Crippen LogP contribution in [-0.4, -0.2) is 55.7 Å². The monoisotopic (exact) mass is 386 g/mol. The van der Waals surface area contributed by atoms with E-state index in [1.807, 2.05) is 29.2 Å². The molecule has 0 bridgehead atoms.